The second-order valence-electron chi connectivity index (χ2n) is 7.44. The van der Waals surface area contributed by atoms with Crippen molar-refractivity contribution in [1.29, 1.82) is 0 Å². The Morgan fingerprint density at radius 1 is 1.33 bits per heavy atom. The van der Waals surface area contributed by atoms with E-state index in [4.69, 9.17) is 11.6 Å². The molecule has 0 radical (unpaired) electrons. The van der Waals surface area contributed by atoms with Crippen LogP contribution < -0.4 is 10.2 Å². The molecule has 0 amide bonds. The second-order valence-corrected chi connectivity index (χ2v) is 7.88. The summed E-state index contributed by atoms with van der Waals surface area (Å²) in [5, 5.41) is 4.69. The molecule has 2 aliphatic rings. The number of nitrogens with one attached hydrogen (secondary N) is 1. The van der Waals surface area contributed by atoms with E-state index in [1.165, 1.54) is 24.1 Å². The summed E-state index contributed by atoms with van der Waals surface area (Å²) in [5.74, 6) is 1.47. The molecule has 3 rings (SSSR count). The number of benzene rings is 1. The third kappa shape index (κ3) is 2.93. The van der Waals surface area contributed by atoms with Crippen molar-refractivity contribution in [3.63, 3.8) is 0 Å². The van der Waals surface area contributed by atoms with Crippen LogP contribution in [0.5, 0.6) is 0 Å². The SMILES string of the molecule is Cc1ccc(Cl)cc1N1CC(C)(C2CC2)NCC1C(C)C. The first-order valence-corrected chi connectivity index (χ1v) is 8.56. The molecular weight excluding hydrogens is 280 g/mol. The van der Waals surface area contributed by atoms with Crippen LogP contribution in [0.3, 0.4) is 0 Å². The van der Waals surface area contributed by atoms with E-state index < -0.39 is 0 Å². The maximum atomic E-state index is 6.27. The molecule has 1 saturated heterocycles. The van der Waals surface area contributed by atoms with Crippen molar-refractivity contribution in [2.75, 3.05) is 18.0 Å². The average molecular weight is 307 g/mol. The number of hydrogen-bond acceptors (Lipinski definition) is 2. The quantitative estimate of drug-likeness (QED) is 0.898. The Kier molecular flexibility index (Phi) is 3.96. The van der Waals surface area contributed by atoms with Gasteiger partial charge < -0.3 is 10.2 Å². The lowest BCUT2D eigenvalue weighted by molar-refractivity contribution is 0.233. The molecule has 2 unspecified atom stereocenters. The number of nitrogens with zero attached hydrogens (tertiary/aromatic N) is 1. The normalized spacial score (nSPS) is 30.0. The van der Waals surface area contributed by atoms with Gasteiger partial charge in [-0.15, -0.1) is 0 Å². The highest BCUT2D eigenvalue weighted by Gasteiger charge is 2.46. The molecule has 0 aromatic heterocycles. The Morgan fingerprint density at radius 2 is 2.05 bits per heavy atom. The van der Waals surface area contributed by atoms with Crippen molar-refractivity contribution in [1.82, 2.24) is 5.32 Å². The van der Waals surface area contributed by atoms with Crippen LogP contribution in [0.1, 0.15) is 39.2 Å². The molecule has 1 heterocycles. The number of hydrogen-bond donors (Lipinski definition) is 1. The maximum Gasteiger partial charge on any atom is 0.0438 e. The Morgan fingerprint density at radius 3 is 2.67 bits per heavy atom. The maximum absolute atomic E-state index is 6.27. The van der Waals surface area contributed by atoms with Crippen molar-refractivity contribution < 1.29 is 0 Å². The van der Waals surface area contributed by atoms with E-state index in [9.17, 15) is 0 Å². The highest BCUT2D eigenvalue weighted by Crippen LogP contribution is 2.43. The third-order valence-electron chi connectivity index (χ3n) is 5.34. The summed E-state index contributed by atoms with van der Waals surface area (Å²) < 4.78 is 0. The molecule has 1 saturated carbocycles. The van der Waals surface area contributed by atoms with E-state index in [1.807, 2.05) is 6.07 Å². The van der Waals surface area contributed by atoms with Crippen molar-refractivity contribution in [2.45, 2.75) is 52.1 Å². The van der Waals surface area contributed by atoms with Crippen molar-refractivity contribution in [2.24, 2.45) is 11.8 Å². The minimum Gasteiger partial charge on any atom is -0.365 e. The van der Waals surface area contributed by atoms with Gasteiger partial charge in [0.2, 0.25) is 0 Å². The van der Waals surface area contributed by atoms with Crippen LogP contribution in [0.25, 0.3) is 0 Å². The minimum atomic E-state index is 0.250. The minimum absolute atomic E-state index is 0.250. The van der Waals surface area contributed by atoms with Gasteiger partial charge in [0.1, 0.15) is 0 Å². The first-order chi connectivity index (χ1) is 9.90. The predicted octanol–water partition coefficient (Wildman–Crippen LogP) is 4.25. The highest BCUT2D eigenvalue weighted by atomic mass is 35.5. The van der Waals surface area contributed by atoms with Gasteiger partial charge in [-0.2, -0.15) is 0 Å². The van der Waals surface area contributed by atoms with Crippen LogP contribution in [0.4, 0.5) is 5.69 Å². The van der Waals surface area contributed by atoms with Crippen LogP contribution in [0.2, 0.25) is 5.02 Å². The summed E-state index contributed by atoms with van der Waals surface area (Å²) in [6, 6.07) is 6.82. The Hall–Kier alpha value is -0.730. The largest absolute Gasteiger partial charge is 0.365 e. The van der Waals surface area contributed by atoms with E-state index >= 15 is 0 Å². The van der Waals surface area contributed by atoms with Gasteiger partial charge in [-0.05, 0) is 56.2 Å². The first-order valence-electron chi connectivity index (χ1n) is 8.18. The molecule has 2 fully saturated rings. The summed E-state index contributed by atoms with van der Waals surface area (Å²) in [7, 11) is 0. The van der Waals surface area contributed by atoms with E-state index in [0.29, 0.717) is 12.0 Å². The Balaban J connectivity index is 1.95. The number of halogens is 1. The fraction of sp³-hybridized carbons (Fsp3) is 0.667. The van der Waals surface area contributed by atoms with Gasteiger partial charge in [-0.3, -0.25) is 0 Å². The summed E-state index contributed by atoms with van der Waals surface area (Å²) in [6.45, 7) is 11.4. The van der Waals surface area contributed by atoms with Gasteiger partial charge >= 0.3 is 0 Å². The number of piperazine rings is 1. The molecule has 1 aromatic carbocycles. The molecule has 0 spiro atoms. The smallest absolute Gasteiger partial charge is 0.0438 e. The fourth-order valence-corrected chi connectivity index (χ4v) is 3.89. The van der Waals surface area contributed by atoms with Crippen molar-refractivity contribution in [3.8, 4) is 0 Å². The molecule has 1 aliphatic carbocycles. The van der Waals surface area contributed by atoms with Crippen molar-refractivity contribution in [3.05, 3.63) is 28.8 Å². The van der Waals surface area contributed by atoms with Gasteiger partial charge in [0.25, 0.3) is 0 Å². The second kappa shape index (κ2) is 5.48. The average Bonchev–Trinajstić information content (AvgIpc) is 3.26. The molecule has 2 atom stereocenters. The van der Waals surface area contributed by atoms with Gasteiger partial charge in [-0.1, -0.05) is 31.5 Å². The molecule has 0 bridgehead atoms. The standard InChI is InChI=1S/C18H27ClN2/c1-12(2)17-10-20-18(4,14-6-7-14)11-21(17)16-9-15(19)8-5-13(16)3/h5,8-9,12,14,17,20H,6-7,10-11H2,1-4H3. The van der Waals surface area contributed by atoms with Crippen LogP contribution >= 0.6 is 11.6 Å². The Labute approximate surface area is 133 Å². The Bertz CT molecular complexity index is 524. The molecule has 3 heteroatoms. The topological polar surface area (TPSA) is 15.3 Å². The summed E-state index contributed by atoms with van der Waals surface area (Å²) >= 11 is 6.27. The van der Waals surface area contributed by atoms with Gasteiger partial charge in [0, 0.05) is 35.4 Å². The van der Waals surface area contributed by atoms with Gasteiger partial charge in [0.15, 0.2) is 0 Å². The van der Waals surface area contributed by atoms with Crippen LogP contribution in [0, 0.1) is 18.8 Å². The molecule has 1 aliphatic heterocycles. The van der Waals surface area contributed by atoms with Crippen LogP contribution in [0.15, 0.2) is 18.2 Å². The first kappa shape index (κ1) is 15.2. The van der Waals surface area contributed by atoms with Crippen LogP contribution in [-0.2, 0) is 0 Å². The number of anilines is 1. The van der Waals surface area contributed by atoms with E-state index in [2.05, 4.69) is 50.0 Å². The summed E-state index contributed by atoms with van der Waals surface area (Å²) in [6.07, 6.45) is 2.75. The van der Waals surface area contributed by atoms with Gasteiger partial charge in [-0.25, -0.2) is 0 Å². The molecule has 21 heavy (non-hydrogen) atoms. The molecule has 1 N–H and O–H groups in total. The fourth-order valence-electron chi connectivity index (χ4n) is 3.72. The zero-order valence-electron chi connectivity index (χ0n) is 13.6. The molecule has 2 nitrogen and oxygen atoms in total. The van der Waals surface area contributed by atoms with E-state index in [1.54, 1.807) is 0 Å². The van der Waals surface area contributed by atoms with E-state index in [-0.39, 0.29) is 5.54 Å². The number of rotatable bonds is 3. The zero-order valence-corrected chi connectivity index (χ0v) is 14.4. The summed E-state index contributed by atoms with van der Waals surface area (Å²) in [5.41, 5.74) is 2.89. The number of aryl methyl sites for hydroxylation is 1. The highest BCUT2D eigenvalue weighted by molar-refractivity contribution is 6.30. The molecule has 116 valence electrons. The lowest BCUT2D eigenvalue weighted by Crippen LogP contribution is -2.65. The molecular formula is C18H27ClN2. The van der Waals surface area contributed by atoms with Gasteiger partial charge in [0.05, 0.1) is 0 Å². The third-order valence-corrected chi connectivity index (χ3v) is 5.58. The summed E-state index contributed by atoms with van der Waals surface area (Å²) in [4.78, 5) is 2.61. The lowest BCUT2D eigenvalue weighted by atomic mass is 9.87. The predicted molar refractivity (Wildman–Crippen MR) is 91.3 cm³/mol. The molecule has 1 aromatic rings. The zero-order chi connectivity index (χ0) is 15.2. The van der Waals surface area contributed by atoms with E-state index in [0.717, 1.165) is 24.0 Å². The lowest BCUT2D eigenvalue weighted by Gasteiger charge is -2.49. The monoisotopic (exact) mass is 306 g/mol. The van der Waals surface area contributed by atoms with Crippen molar-refractivity contribution >= 4 is 17.3 Å². The van der Waals surface area contributed by atoms with Crippen LogP contribution in [-0.4, -0.2) is 24.7 Å².